The van der Waals surface area contributed by atoms with Gasteiger partial charge in [-0.25, -0.2) is 9.78 Å². The maximum atomic E-state index is 12.7. The van der Waals surface area contributed by atoms with Crippen molar-refractivity contribution in [3.05, 3.63) is 72.2 Å². The van der Waals surface area contributed by atoms with Gasteiger partial charge in [-0.05, 0) is 48.2 Å². The highest BCUT2D eigenvalue weighted by Gasteiger charge is 2.23. The number of ether oxygens (including phenoxy) is 3. The first-order valence-electron chi connectivity index (χ1n) is 14.5. The van der Waals surface area contributed by atoms with E-state index in [1.807, 2.05) is 61.5 Å². The Hall–Kier alpha value is -3.81. The van der Waals surface area contributed by atoms with Crippen molar-refractivity contribution in [1.82, 2.24) is 15.3 Å². The minimum atomic E-state index is -0.730. The molecule has 0 aliphatic heterocycles. The van der Waals surface area contributed by atoms with Crippen LogP contribution in [0.25, 0.3) is 11.3 Å². The number of alkyl carbamates (subject to hydrolysis) is 1. The molecule has 0 bridgehead atoms. The lowest BCUT2D eigenvalue weighted by Gasteiger charge is -2.16. The summed E-state index contributed by atoms with van der Waals surface area (Å²) in [7, 11) is 0. The number of benzene rings is 2. The Kier molecular flexibility index (Phi) is 13.6. The van der Waals surface area contributed by atoms with Crippen LogP contribution in [0.3, 0.4) is 0 Å². The zero-order valence-corrected chi connectivity index (χ0v) is 23.8. The number of unbranched alkanes of at least 4 members (excludes halogenated alkanes) is 6. The molecule has 0 aliphatic carbocycles. The van der Waals surface area contributed by atoms with E-state index in [2.05, 4.69) is 22.2 Å². The van der Waals surface area contributed by atoms with Gasteiger partial charge in [-0.3, -0.25) is 4.79 Å². The second-order valence-electron chi connectivity index (χ2n) is 9.86. The number of carbonyl (C=O) groups is 2. The third kappa shape index (κ3) is 11.1. The van der Waals surface area contributed by atoms with Crippen molar-refractivity contribution in [3.8, 4) is 17.0 Å². The molecule has 0 radical (unpaired) electrons. The van der Waals surface area contributed by atoms with Crippen LogP contribution < -0.4 is 10.1 Å². The van der Waals surface area contributed by atoms with Crippen LogP contribution >= 0.6 is 0 Å². The number of aromatic amines is 1. The molecule has 0 spiro atoms. The number of carbonyl (C=O) groups excluding carboxylic acids is 2. The van der Waals surface area contributed by atoms with Gasteiger partial charge in [-0.15, -0.1) is 0 Å². The summed E-state index contributed by atoms with van der Waals surface area (Å²) in [6.45, 7) is 5.42. The molecular formula is C32H43N3O5. The standard InChI is InChI=1S/C32H43N3O5/c1-3-5-7-8-9-13-21-38-27-18-16-26(17-19-27)29-23-33-31(34-29)28(35-32(37)39-20-6-4-2)22-30(36)40-24-25-14-11-10-12-15-25/h10-12,14-19,23,28H,3-9,13,20-22,24H2,1-2H3,(H,33,34)(H,35,37)/t28-/m0/s1. The van der Waals surface area contributed by atoms with Crippen molar-refractivity contribution in [2.45, 2.75) is 84.3 Å². The fourth-order valence-electron chi connectivity index (χ4n) is 4.14. The molecule has 0 aliphatic rings. The summed E-state index contributed by atoms with van der Waals surface area (Å²) < 4.78 is 16.6. The number of amides is 1. The van der Waals surface area contributed by atoms with E-state index in [0.717, 1.165) is 41.8 Å². The van der Waals surface area contributed by atoms with Gasteiger partial charge in [-0.2, -0.15) is 0 Å². The predicted molar refractivity (Wildman–Crippen MR) is 156 cm³/mol. The van der Waals surface area contributed by atoms with Crippen LogP contribution in [0.4, 0.5) is 4.79 Å². The van der Waals surface area contributed by atoms with Crippen molar-refractivity contribution in [2.75, 3.05) is 13.2 Å². The highest BCUT2D eigenvalue weighted by Crippen LogP contribution is 2.24. The summed E-state index contributed by atoms with van der Waals surface area (Å²) in [5.74, 6) is 0.822. The molecule has 1 heterocycles. The molecule has 1 aromatic heterocycles. The molecule has 0 fully saturated rings. The minimum Gasteiger partial charge on any atom is -0.494 e. The minimum absolute atomic E-state index is 0.0894. The lowest BCUT2D eigenvalue weighted by atomic mass is 10.1. The zero-order chi connectivity index (χ0) is 28.4. The Morgan fingerprint density at radius 1 is 0.850 bits per heavy atom. The molecular weight excluding hydrogens is 506 g/mol. The Morgan fingerprint density at radius 3 is 2.33 bits per heavy atom. The van der Waals surface area contributed by atoms with E-state index in [1.165, 1.54) is 32.1 Å². The molecule has 0 saturated carbocycles. The number of H-pyrrole nitrogens is 1. The predicted octanol–water partition coefficient (Wildman–Crippen LogP) is 7.52. The van der Waals surface area contributed by atoms with Gasteiger partial charge in [0.15, 0.2) is 0 Å². The lowest BCUT2D eigenvalue weighted by molar-refractivity contribution is -0.145. The van der Waals surface area contributed by atoms with Crippen LogP contribution in [0.5, 0.6) is 5.75 Å². The SMILES string of the molecule is CCCCCCCCOc1ccc(-c2cnc([C@H](CC(=O)OCc3ccccc3)NC(=O)OCCCC)[nH]2)cc1. The van der Waals surface area contributed by atoms with Crippen molar-refractivity contribution in [1.29, 1.82) is 0 Å². The van der Waals surface area contributed by atoms with Crippen LogP contribution in [0, 0.1) is 0 Å². The average Bonchev–Trinajstić information content (AvgIpc) is 3.47. The highest BCUT2D eigenvalue weighted by atomic mass is 16.5. The molecule has 1 atom stereocenters. The first-order chi connectivity index (χ1) is 19.6. The van der Waals surface area contributed by atoms with Gasteiger partial charge in [0.1, 0.15) is 24.2 Å². The number of hydrogen-bond donors (Lipinski definition) is 2. The molecule has 3 aromatic rings. The molecule has 2 N–H and O–H groups in total. The van der Waals surface area contributed by atoms with E-state index in [1.54, 1.807) is 6.20 Å². The Labute approximate surface area is 237 Å². The van der Waals surface area contributed by atoms with E-state index in [9.17, 15) is 9.59 Å². The van der Waals surface area contributed by atoms with Crippen molar-refractivity contribution in [2.24, 2.45) is 0 Å². The molecule has 1 amide bonds. The quantitative estimate of drug-likeness (QED) is 0.126. The smallest absolute Gasteiger partial charge is 0.407 e. The van der Waals surface area contributed by atoms with Crippen molar-refractivity contribution >= 4 is 12.1 Å². The molecule has 0 unspecified atom stereocenters. The average molecular weight is 550 g/mol. The third-order valence-corrected chi connectivity index (χ3v) is 6.49. The van der Waals surface area contributed by atoms with Crippen molar-refractivity contribution in [3.63, 3.8) is 0 Å². The molecule has 0 saturated heterocycles. The summed E-state index contributed by atoms with van der Waals surface area (Å²) >= 11 is 0. The number of nitrogens with one attached hydrogen (secondary N) is 2. The van der Waals surface area contributed by atoms with Crippen LogP contribution in [0.2, 0.25) is 0 Å². The molecule has 2 aromatic carbocycles. The zero-order valence-electron chi connectivity index (χ0n) is 23.8. The summed E-state index contributed by atoms with van der Waals surface area (Å²) in [4.78, 5) is 32.8. The van der Waals surface area contributed by atoms with E-state index >= 15 is 0 Å². The van der Waals surface area contributed by atoms with Crippen LogP contribution in [0.15, 0.2) is 60.8 Å². The summed E-state index contributed by atoms with van der Waals surface area (Å²) in [6.07, 6.45) is 10.0. The molecule has 216 valence electrons. The first kappa shape index (κ1) is 30.7. The van der Waals surface area contributed by atoms with E-state index < -0.39 is 18.1 Å². The summed E-state index contributed by atoms with van der Waals surface area (Å²) in [6, 6.07) is 16.5. The number of aromatic nitrogens is 2. The van der Waals surface area contributed by atoms with Gasteiger partial charge in [0.05, 0.1) is 31.5 Å². The molecule has 8 heteroatoms. The van der Waals surface area contributed by atoms with Crippen LogP contribution in [-0.4, -0.2) is 35.2 Å². The summed E-state index contributed by atoms with van der Waals surface area (Å²) in [5, 5.41) is 2.76. The molecule has 8 nitrogen and oxygen atoms in total. The maximum Gasteiger partial charge on any atom is 0.407 e. The van der Waals surface area contributed by atoms with Gasteiger partial charge in [-0.1, -0.05) is 82.7 Å². The Bertz CT molecular complexity index is 1130. The fraction of sp³-hybridized carbons (Fsp3) is 0.469. The van der Waals surface area contributed by atoms with Crippen LogP contribution in [-0.2, 0) is 20.9 Å². The Balaban J connectivity index is 1.58. The monoisotopic (exact) mass is 549 g/mol. The number of imidazole rings is 1. The van der Waals surface area contributed by atoms with Crippen molar-refractivity contribution < 1.29 is 23.8 Å². The number of esters is 1. The number of hydrogen-bond acceptors (Lipinski definition) is 6. The van der Waals surface area contributed by atoms with Crippen LogP contribution in [0.1, 0.15) is 89.1 Å². The Morgan fingerprint density at radius 2 is 1.57 bits per heavy atom. The second-order valence-corrected chi connectivity index (χ2v) is 9.86. The van der Waals surface area contributed by atoms with Gasteiger partial charge < -0.3 is 24.5 Å². The molecule has 3 rings (SSSR count). The third-order valence-electron chi connectivity index (χ3n) is 6.49. The summed E-state index contributed by atoms with van der Waals surface area (Å²) in [5.41, 5.74) is 2.57. The van der Waals surface area contributed by atoms with Gasteiger partial charge in [0, 0.05) is 0 Å². The number of nitrogens with zero attached hydrogens (tertiary/aromatic N) is 1. The first-order valence-corrected chi connectivity index (χ1v) is 14.5. The normalized spacial score (nSPS) is 11.6. The fourth-order valence-corrected chi connectivity index (χ4v) is 4.14. The van der Waals surface area contributed by atoms with Gasteiger partial charge in [0.25, 0.3) is 0 Å². The van der Waals surface area contributed by atoms with E-state index in [-0.39, 0.29) is 13.0 Å². The van der Waals surface area contributed by atoms with E-state index in [4.69, 9.17) is 14.2 Å². The lowest BCUT2D eigenvalue weighted by Crippen LogP contribution is -2.32. The topological polar surface area (TPSA) is 103 Å². The number of rotatable bonds is 18. The second kappa shape index (κ2) is 17.7. The van der Waals surface area contributed by atoms with E-state index in [0.29, 0.717) is 19.0 Å². The maximum absolute atomic E-state index is 12.7. The van der Waals surface area contributed by atoms with Gasteiger partial charge in [0.2, 0.25) is 0 Å². The highest BCUT2D eigenvalue weighted by molar-refractivity contribution is 5.73. The largest absolute Gasteiger partial charge is 0.494 e. The van der Waals surface area contributed by atoms with Gasteiger partial charge >= 0.3 is 12.1 Å². The molecule has 40 heavy (non-hydrogen) atoms.